The monoisotopic (exact) mass is 610 g/mol. The molecule has 7 aromatic rings. The maximum Gasteiger partial charge on any atom is 0.137 e. The minimum Gasteiger partial charge on any atom is -0.495 e. The first kappa shape index (κ1) is 26.2. The summed E-state index contributed by atoms with van der Waals surface area (Å²) in [6, 6.07) is 37.1. The molecular formula is C37H27BrN2O2. The average molecular weight is 612 g/mol. The van der Waals surface area contributed by atoms with Crippen LogP contribution in [0.2, 0.25) is 0 Å². The summed E-state index contributed by atoms with van der Waals surface area (Å²) in [5, 5.41) is 2.07. The molecule has 0 amide bonds. The summed E-state index contributed by atoms with van der Waals surface area (Å²) in [5.41, 5.74) is 11.5. The van der Waals surface area contributed by atoms with E-state index in [1.807, 2.05) is 54.6 Å². The summed E-state index contributed by atoms with van der Waals surface area (Å²) in [7, 11) is 1.73. The second kappa shape index (κ2) is 10.6. The van der Waals surface area contributed by atoms with Crippen molar-refractivity contribution in [2.45, 2.75) is 13.8 Å². The van der Waals surface area contributed by atoms with Crippen LogP contribution in [0.4, 0.5) is 0 Å². The third-order valence-electron chi connectivity index (χ3n) is 7.74. The third kappa shape index (κ3) is 4.47. The van der Waals surface area contributed by atoms with Gasteiger partial charge in [-0.2, -0.15) is 0 Å². The lowest BCUT2D eigenvalue weighted by atomic mass is 9.91. The number of para-hydroxylation sites is 1. The summed E-state index contributed by atoms with van der Waals surface area (Å²) in [4.78, 5) is 9.95. The molecular weight excluding hydrogens is 584 g/mol. The minimum absolute atomic E-state index is 0.750. The number of pyridine rings is 2. The Morgan fingerprint density at radius 2 is 1.33 bits per heavy atom. The Labute approximate surface area is 252 Å². The van der Waals surface area contributed by atoms with Crippen LogP contribution in [0.3, 0.4) is 0 Å². The molecule has 4 nitrogen and oxygen atoms in total. The Morgan fingerprint density at radius 1 is 0.619 bits per heavy atom. The number of benzene rings is 4. The number of aryl methyl sites for hydroxylation is 2. The van der Waals surface area contributed by atoms with Crippen LogP contribution in [0.15, 0.2) is 118 Å². The van der Waals surface area contributed by atoms with Gasteiger partial charge in [-0.15, -0.1) is 0 Å². The number of hydrogen-bond acceptors (Lipinski definition) is 4. The highest BCUT2D eigenvalue weighted by Gasteiger charge is 2.23. The molecule has 42 heavy (non-hydrogen) atoms. The Balaban J connectivity index is 1.59. The van der Waals surface area contributed by atoms with E-state index in [-0.39, 0.29) is 0 Å². The first-order valence-electron chi connectivity index (χ1n) is 13.8. The molecule has 0 saturated carbocycles. The van der Waals surface area contributed by atoms with Gasteiger partial charge in [-0.05, 0) is 94.0 Å². The molecule has 0 radical (unpaired) electrons. The molecule has 0 saturated heterocycles. The molecule has 0 N–H and O–H groups in total. The smallest absolute Gasteiger partial charge is 0.137 e. The fourth-order valence-electron chi connectivity index (χ4n) is 5.92. The lowest BCUT2D eigenvalue weighted by molar-refractivity contribution is 0.418. The Kier molecular flexibility index (Phi) is 6.60. The van der Waals surface area contributed by atoms with Gasteiger partial charge in [0.25, 0.3) is 0 Å². The molecule has 0 spiro atoms. The first-order chi connectivity index (χ1) is 20.5. The summed E-state index contributed by atoms with van der Waals surface area (Å²) < 4.78 is 13.5. The maximum atomic E-state index is 6.46. The van der Waals surface area contributed by atoms with Crippen LogP contribution in [0.25, 0.3) is 66.8 Å². The molecule has 3 aromatic heterocycles. The predicted octanol–water partition coefficient (Wildman–Crippen LogP) is 10.4. The molecule has 3 heterocycles. The van der Waals surface area contributed by atoms with Gasteiger partial charge < -0.3 is 9.15 Å². The van der Waals surface area contributed by atoms with E-state index in [0.29, 0.717) is 0 Å². The van der Waals surface area contributed by atoms with Crippen LogP contribution in [-0.2, 0) is 0 Å². The van der Waals surface area contributed by atoms with Crippen molar-refractivity contribution in [3.8, 4) is 50.6 Å². The van der Waals surface area contributed by atoms with Crippen molar-refractivity contribution in [1.29, 1.82) is 0 Å². The van der Waals surface area contributed by atoms with E-state index in [2.05, 4.69) is 84.4 Å². The zero-order chi connectivity index (χ0) is 28.8. The van der Waals surface area contributed by atoms with Gasteiger partial charge in [0, 0.05) is 21.9 Å². The van der Waals surface area contributed by atoms with Crippen LogP contribution >= 0.6 is 15.9 Å². The van der Waals surface area contributed by atoms with E-state index < -0.39 is 0 Å². The lowest BCUT2D eigenvalue weighted by Crippen LogP contribution is -1.98. The highest BCUT2D eigenvalue weighted by molar-refractivity contribution is 9.10. The van der Waals surface area contributed by atoms with E-state index in [1.54, 1.807) is 7.11 Å². The van der Waals surface area contributed by atoms with E-state index in [1.165, 1.54) is 16.7 Å². The number of rotatable bonds is 5. The number of halogens is 1. The molecule has 0 bridgehead atoms. The van der Waals surface area contributed by atoms with E-state index in [0.717, 1.165) is 71.6 Å². The van der Waals surface area contributed by atoms with Gasteiger partial charge in [0.2, 0.25) is 0 Å². The summed E-state index contributed by atoms with van der Waals surface area (Å²) in [6.07, 6.45) is 0. The van der Waals surface area contributed by atoms with Gasteiger partial charge >= 0.3 is 0 Å². The minimum atomic E-state index is 0.750. The number of methoxy groups -OCH3 is 1. The number of hydrogen-bond donors (Lipinski definition) is 0. The first-order valence-corrected chi connectivity index (χ1v) is 14.6. The fourth-order valence-corrected chi connectivity index (χ4v) is 6.26. The molecule has 0 aliphatic carbocycles. The van der Waals surface area contributed by atoms with Crippen molar-refractivity contribution in [3.05, 3.63) is 125 Å². The molecule has 0 atom stereocenters. The molecule has 0 unspecified atom stereocenters. The molecule has 5 heteroatoms. The van der Waals surface area contributed by atoms with Crippen molar-refractivity contribution < 1.29 is 9.15 Å². The van der Waals surface area contributed by atoms with Gasteiger partial charge in [0.05, 0.1) is 24.2 Å². The van der Waals surface area contributed by atoms with Crippen molar-refractivity contribution in [1.82, 2.24) is 9.97 Å². The van der Waals surface area contributed by atoms with Gasteiger partial charge in [-0.25, -0.2) is 9.97 Å². The quantitative estimate of drug-likeness (QED) is 0.182. The predicted molar refractivity (Wildman–Crippen MR) is 175 cm³/mol. The SMILES string of the molecule is COc1c(-c2cc(-c3c(C)cccc3C)cc(-c3cccc(Br)n3)n2)cc2oc3ccccc3c2c1-c1ccccc1. The van der Waals surface area contributed by atoms with E-state index in [9.17, 15) is 0 Å². The second-order valence-electron chi connectivity index (χ2n) is 10.4. The molecule has 204 valence electrons. The van der Waals surface area contributed by atoms with E-state index >= 15 is 0 Å². The Hall–Kier alpha value is -4.74. The summed E-state index contributed by atoms with van der Waals surface area (Å²) in [6.45, 7) is 4.29. The molecule has 0 aliphatic rings. The zero-order valence-electron chi connectivity index (χ0n) is 23.5. The Morgan fingerprint density at radius 3 is 2.10 bits per heavy atom. The average Bonchev–Trinajstić information content (AvgIpc) is 3.38. The number of fused-ring (bicyclic) bond motifs is 3. The van der Waals surface area contributed by atoms with Crippen LogP contribution in [0, 0.1) is 13.8 Å². The van der Waals surface area contributed by atoms with Gasteiger partial charge in [0.15, 0.2) is 0 Å². The van der Waals surface area contributed by atoms with Crippen LogP contribution in [-0.4, -0.2) is 17.1 Å². The standard InChI is InChI=1S/C37H27BrN2O2/c1-22-11-9-12-23(2)34(22)25-19-29(39-30(20-25)28-16-10-18-33(38)40-28)27-21-32-36(26-15-7-8-17-31(26)42-32)35(37(27)41-3)24-13-5-4-6-14-24/h4-21H,1-3H3. The molecule has 4 aromatic carbocycles. The second-order valence-corrected chi connectivity index (χ2v) is 11.2. The van der Waals surface area contributed by atoms with Crippen molar-refractivity contribution in [3.63, 3.8) is 0 Å². The molecule has 0 fully saturated rings. The number of ether oxygens (including phenoxy) is 1. The van der Waals surface area contributed by atoms with Crippen molar-refractivity contribution in [2.75, 3.05) is 7.11 Å². The lowest BCUT2D eigenvalue weighted by Gasteiger charge is -2.18. The summed E-state index contributed by atoms with van der Waals surface area (Å²) >= 11 is 3.54. The van der Waals surface area contributed by atoms with Gasteiger partial charge in [-0.1, -0.05) is 72.8 Å². The van der Waals surface area contributed by atoms with Crippen molar-refractivity contribution >= 4 is 37.9 Å². The number of aromatic nitrogens is 2. The topological polar surface area (TPSA) is 48.2 Å². The van der Waals surface area contributed by atoms with Crippen LogP contribution < -0.4 is 4.74 Å². The molecule has 7 rings (SSSR count). The Bertz CT molecular complexity index is 2090. The highest BCUT2D eigenvalue weighted by Crippen LogP contribution is 2.48. The third-order valence-corrected chi connectivity index (χ3v) is 8.18. The normalized spacial score (nSPS) is 11.3. The van der Waals surface area contributed by atoms with Crippen molar-refractivity contribution in [2.24, 2.45) is 0 Å². The van der Waals surface area contributed by atoms with Crippen LogP contribution in [0.5, 0.6) is 5.75 Å². The molecule has 0 aliphatic heterocycles. The fraction of sp³-hybridized carbons (Fsp3) is 0.0811. The number of furan rings is 1. The van der Waals surface area contributed by atoms with Gasteiger partial charge in [-0.3, -0.25) is 0 Å². The zero-order valence-corrected chi connectivity index (χ0v) is 25.1. The largest absolute Gasteiger partial charge is 0.495 e. The van der Waals surface area contributed by atoms with Gasteiger partial charge in [0.1, 0.15) is 21.5 Å². The van der Waals surface area contributed by atoms with Crippen LogP contribution in [0.1, 0.15) is 11.1 Å². The van der Waals surface area contributed by atoms with E-state index in [4.69, 9.17) is 19.1 Å². The maximum absolute atomic E-state index is 6.46. The number of nitrogens with zero attached hydrogens (tertiary/aromatic N) is 2. The highest BCUT2D eigenvalue weighted by atomic mass is 79.9. The summed E-state index contributed by atoms with van der Waals surface area (Å²) in [5.74, 6) is 0.750.